The highest BCUT2D eigenvalue weighted by Crippen LogP contribution is 2.23. The van der Waals surface area contributed by atoms with Crippen LogP contribution in [0, 0.1) is 5.92 Å². The number of rotatable bonds is 4. The third-order valence-corrected chi connectivity index (χ3v) is 5.43. The van der Waals surface area contributed by atoms with Gasteiger partial charge in [0.1, 0.15) is 0 Å². The second kappa shape index (κ2) is 8.48. The minimum Gasteiger partial charge on any atom is -0.352 e. The van der Waals surface area contributed by atoms with Gasteiger partial charge in [0.2, 0.25) is 5.91 Å². The molecule has 1 aliphatic heterocycles. The van der Waals surface area contributed by atoms with Gasteiger partial charge in [-0.1, -0.05) is 25.1 Å². The molecule has 0 spiro atoms. The number of carbonyl (C=O) groups is 2. The number of nitrogens with zero attached hydrogens (tertiary/aromatic N) is 2. The number of piperazine rings is 1. The lowest BCUT2D eigenvalue weighted by atomic mass is 9.87. The summed E-state index contributed by atoms with van der Waals surface area (Å²) in [5.74, 6) is 1.01. The molecule has 1 aromatic carbocycles. The zero-order valence-corrected chi connectivity index (χ0v) is 15.1. The first kappa shape index (κ1) is 17.9. The summed E-state index contributed by atoms with van der Waals surface area (Å²) < 4.78 is 0. The topological polar surface area (TPSA) is 52.7 Å². The second-order valence-electron chi connectivity index (χ2n) is 7.46. The molecule has 1 aromatic rings. The van der Waals surface area contributed by atoms with Crippen LogP contribution in [0.25, 0.3) is 0 Å². The first-order valence-corrected chi connectivity index (χ1v) is 9.48. The van der Waals surface area contributed by atoms with Gasteiger partial charge in [-0.05, 0) is 43.7 Å². The summed E-state index contributed by atoms with van der Waals surface area (Å²) in [6, 6.07) is 9.75. The van der Waals surface area contributed by atoms with E-state index in [4.69, 9.17) is 0 Å². The lowest BCUT2D eigenvalue weighted by molar-refractivity contribution is -0.123. The molecule has 0 bridgehead atoms. The summed E-state index contributed by atoms with van der Waals surface area (Å²) in [6.45, 7) is 5.61. The van der Waals surface area contributed by atoms with Gasteiger partial charge >= 0.3 is 0 Å². The first-order chi connectivity index (χ1) is 12.1. The van der Waals surface area contributed by atoms with Crippen LogP contribution in [0.1, 0.15) is 43.0 Å². The summed E-state index contributed by atoms with van der Waals surface area (Å²) in [6.07, 6.45) is 4.63. The van der Waals surface area contributed by atoms with Crippen molar-refractivity contribution in [3.8, 4) is 0 Å². The van der Waals surface area contributed by atoms with Crippen LogP contribution in [0.15, 0.2) is 30.3 Å². The standard InChI is InChI=1S/C20H29N3O2/c1-16-7-9-18(10-8-16)21-19(24)15-22-11-13-23(14-12-22)20(25)17-5-3-2-4-6-17/h2-6,16,18H,7-15H2,1H3,(H,21,24). The minimum absolute atomic E-state index is 0.0843. The highest BCUT2D eigenvalue weighted by Gasteiger charge is 2.24. The van der Waals surface area contributed by atoms with E-state index in [-0.39, 0.29) is 11.8 Å². The van der Waals surface area contributed by atoms with Gasteiger partial charge in [-0.3, -0.25) is 14.5 Å². The molecule has 2 amide bonds. The third kappa shape index (κ3) is 5.05. The molecule has 5 heteroatoms. The van der Waals surface area contributed by atoms with Gasteiger partial charge in [0.15, 0.2) is 0 Å². The Labute approximate surface area is 150 Å². The van der Waals surface area contributed by atoms with E-state index in [9.17, 15) is 9.59 Å². The molecule has 1 N–H and O–H groups in total. The molecule has 136 valence electrons. The molecule has 1 heterocycles. The van der Waals surface area contributed by atoms with Crippen molar-refractivity contribution in [2.75, 3.05) is 32.7 Å². The van der Waals surface area contributed by atoms with E-state index < -0.39 is 0 Å². The van der Waals surface area contributed by atoms with Crippen molar-refractivity contribution in [1.82, 2.24) is 15.1 Å². The fraction of sp³-hybridized carbons (Fsp3) is 0.600. The number of amides is 2. The lowest BCUT2D eigenvalue weighted by Gasteiger charge is -2.35. The normalized spacial score (nSPS) is 24.8. The number of benzene rings is 1. The number of nitrogens with one attached hydrogen (secondary N) is 1. The molecule has 1 saturated carbocycles. The molecular weight excluding hydrogens is 314 g/mol. The van der Waals surface area contributed by atoms with E-state index in [0.717, 1.165) is 37.4 Å². The van der Waals surface area contributed by atoms with Gasteiger partial charge in [-0.15, -0.1) is 0 Å². The van der Waals surface area contributed by atoms with Crippen LogP contribution in [0.4, 0.5) is 0 Å². The number of carbonyl (C=O) groups excluding carboxylic acids is 2. The Hall–Kier alpha value is -1.88. The van der Waals surface area contributed by atoms with Gasteiger partial charge in [-0.25, -0.2) is 0 Å². The largest absolute Gasteiger partial charge is 0.352 e. The molecule has 2 fully saturated rings. The Kier molecular flexibility index (Phi) is 6.08. The zero-order valence-electron chi connectivity index (χ0n) is 15.1. The van der Waals surface area contributed by atoms with Crippen molar-refractivity contribution < 1.29 is 9.59 Å². The molecule has 1 saturated heterocycles. The van der Waals surface area contributed by atoms with Crippen molar-refractivity contribution >= 4 is 11.8 Å². The predicted molar refractivity (Wildman–Crippen MR) is 98.3 cm³/mol. The van der Waals surface area contributed by atoms with Gasteiger partial charge < -0.3 is 10.2 Å². The zero-order chi connectivity index (χ0) is 17.6. The van der Waals surface area contributed by atoms with Crippen LogP contribution < -0.4 is 5.32 Å². The maximum absolute atomic E-state index is 12.4. The van der Waals surface area contributed by atoms with Crippen molar-refractivity contribution in [2.45, 2.75) is 38.6 Å². The Morgan fingerprint density at radius 2 is 1.64 bits per heavy atom. The monoisotopic (exact) mass is 343 g/mol. The van der Waals surface area contributed by atoms with E-state index in [0.29, 0.717) is 25.7 Å². The molecule has 25 heavy (non-hydrogen) atoms. The molecule has 0 atom stereocenters. The van der Waals surface area contributed by atoms with Crippen LogP contribution in [-0.4, -0.2) is 60.4 Å². The molecule has 2 aliphatic rings. The van der Waals surface area contributed by atoms with Gasteiger partial charge in [0.25, 0.3) is 5.91 Å². The van der Waals surface area contributed by atoms with Crippen molar-refractivity contribution in [1.29, 1.82) is 0 Å². The van der Waals surface area contributed by atoms with Gasteiger partial charge in [0.05, 0.1) is 6.54 Å². The van der Waals surface area contributed by atoms with E-state index >= 15 is 0 Å². The first-order valence-electron chi connectivity index (χ1n) is 9.48. The minimum atomic E-state index is 0.0843. The van der Waals surface area contributed by atoms with Crippen LogP contribution in [-0.2, 0) is 4.79 Å². The highest BCUT2D eigenvalue weighted by atomic mass is 16.2. The number of hydrogen-bond donors (Lipinski definition) is 1. The van der Waals surface area contributed by atoms with Crippen molar-refractivity contribution in [2.24, 2.45) is 5.92 Å². The van der Waals surface area contributed by atoms with E-state index in [2.05, 4.69) is 17.1 Å². The second-order valence-corrected chi connectivity index (χ2v) is 7.46. The van der Waals surface area contributed by atoms with E-state index in [1.807, 2.05) is 35.2 Å². The summed E-state index contributed by atoms with van der Waals surface area (Å²) in [5, 5.41) is 3.19. The summed E-state index contributed by atoms with van der Waals surface area (Å²) in [5.41, 5.74) is 0.736. The van der Waals surface area contributed by atoms with Gasteiger partial charge in [-0.2, -0.15) is 0 Å². The van der Waals surface area contributed by atoms with Crippen molar-refractivity contribution in [3.63, 3.8) is 0 Å². The Morgan fingerprint density at radius 1 is 1.00 bits per heavy atom. The quantitative estimate of drug-likeness (QED) is 0.911. The molecule has 0 radical (unpaired) electrons. The van der Waals surface area contributed by atoms with E-state index in [1.165, 1.54) is 12.8 Å². The Balaban J connectivity index is 1.40. The van der Waals surface area contributed by atoms with Crippen LogP contribution in [0.5, 0.6) is 0 Å². The molecule has 1 aliphatic carbocycles. The van der Waals surface area contributed by atoms with Crippen LogP contribution in [0.2, 0.25) is 0 Å². The SMILES string of the molecule is CC1CCC(NC(=O)CN2CCN(C(=O)c3ccccc3)CC2)CC1. The fourth-order valence-corrected chi connectivity index (χ4v) is 3.75. The van der Waals surface area contributed by atoms with Crippen LogP contribution >= 0.6 is 0 Å². The smallest absolute Gasteiger partial charge is 0.253 e. The molecule has 3 rings (SSSR count). The highest BCUT2D eigenvalue weighted by molar-refractivity contribution is 5.94. The molecule has 0 aromatic heterocycles. The molecule has 0 unspecified atom stereocenters. The lowest BCUT2D eigenvalue weighted by Crippen LogP contribution is -2.52. The molecule has 5 nitrogen and oxygen atoms in total. The van der Waals surface area contributed by atoms with Crippen molar-refractivity contribution in [3.05, 3.63) is 35.9 Å². The maximum atomic E-state index is 12.4. The summed E-state index contributed by atoms with van der Waals surface area (Å²) >= 11 is 0. The average Bonchev–Trinajstić information content (AvgIpc) is 2.64. The predicted octanol–water partition coefficient (Wildman–Crippen LogP) is 2.14. The van der Waals surface area contributed by atoms with Gasteiger partial charge in [0, 0.05) is 37.8 Å². The maximum Gasteiger partial charge on any atom is 0.253 e. The third-order valence-electron chi connectivity index (χ3n) is 5.43. The summed E-state index contributed by atoms with van der Waals surface area (Å²) in [7, 11) is 0. The molecular formula is C20H29N3O2. The Bertz CT molecular complexity index is 574. The summed E-state index contributed by atoms with van der Waals surface area (Å²) in [4.78, 5) is 28.7. The fourth-order valence-electron chi connectivity index (χ4n) is 3.75. The van der Waals surface area contributed by atoms with E-state index in [1.54, 1.807) is 0 Å². The Morgan fingerprint density at radius 3 is 2.28 bits per heavy atom. The van der Waals surface area contributed by atoms with Crippen LogP contribution in [0.3, 0.4) is 0 Å². The number of hydrogen-bond acceptors (Lipinski definition) is 3. The average molecular weight is 343 g/mol.